The van der Waals surface area contributed by atoms with E-state index >= 15 is 0 Å². The van der Waals surface area contributed by atoms with Gasteiger partial charge in [0.2, 0.25) is 0 Å². The fraction of sp³-hybridized carbons (Fsp3) is 0. The second-order valence-electron chi connectivity index (χ2n) is 3.48. The van der Waals surface area contributed by atoms with Crippen molar-refractivity contribution in [3.05, 3.63) is 46.7 Å². The summed E-state index contributed by atoms with van der Waals surface area (Å²) in [5.41, 5.74) is 3.86. The maximum atomic E-state index is 13.1. The molecule has 0 radical (unpaired) electrons. The molecule has 0 atom stereocenters. The standard InChI is InChI=1S/C12H8ClFN4/c13-9-5-7(1-3-10(9)14)11-4-2-8(6-15)12(17-11)18-16/h1-5H,16H2,(H,17,18). The number of pyridine rings is 1. The third-order valence-corrected chi connectivity index (χ3v) is 2.66. The fourth-order valence-corrected chi connectivity index (χ4v) is 1.66. The number of aromatic nitrogens is 1. The summed E-state index contributed by atoms with van der Waals surface area (Å²) in [6, 6.07) is 9.45. The minimum absolute atomic E-state index is 0.0147. The Bertz CT molecular complexity index is 636. The van der Waals surface area contributed by atoms with Crippen LogP contribution >= 0.6 is 11.6 Å². The minimum Gasteiger partial charge on any atom is -0.307 e. The molecule has 6 heteroatoms. The summed E-state index contributed by atoms with van der Waals surface area (Å²) in [5, 5.41) is 8.85. The van der Waals surface area contributed by atoms with Crippen molar-refractivity contribution >= 4 is 17.4 Å². The average molecular weight is 263 g/mol. The van der Waals surface area contributed by atoms with Gasteiger partial charge in [0.15, 0.2) is 5.82 Å². The molecule has 1 heterocycles. The Kier molecular flexibility index (Phi) is 3.42. The molecule has 0 amide bonds. The zero-order valence-electron chi connectivity index (χ0n) is 9.11. The summed E-state index contributed by atoms with van der Waals surface area (Å²) >= 11 is 5.70. The van der Waals surface area contributed by atoms with Crippen molar-refractivity contribution in [2.75, 3.05) is 5.43 Å². The highest BCUT2D eigenvalue weighted by Crippen LogP contribution is 2.25. The van der Waals surface area contributed by atoms with Gasteiger partial charge >= 0.3 is 0 Å². The van der Waals surface area contributed by atoms with Crippen LogP contribution in [-0.4, -0.2) is 4.98 Å². The molecule has 0 spiro atoms. The van der Waals surface area contributed by atoms with Crippen LogP contribution in [0.15, 0.2) is 30.3 Å². The largest absolute Gasteiger partial charge is 0.307 e. The van der Waals surface area contributed by atoms with E-state index in [1.165, 1.54) is 12.1 Å². The number of anilines is 1. The van der Waals surface area contributed by atoms with Crippen LogP contribution in [-0.2, 0) is 0 Å². The lowest BCUT2D eigenvalue weighted by atomic mass is 10.1. The van der Waals surface area contributed by atoms with Crippen molar-refractivity contribution < 1.29 is 4.39 Å². The molecule has 1 aromatic heterocycles. The highest BCUT2D eigenvalue weighted by atomic mass is 35.5. The van der Waals surface area contributed by atoms with Gasteiger partial charge in [-0.2, -0.15) is 5.26 Å². The van der Waals surface area contributed by atoms with E-state index in [-0.39, 0.29) is 10.8 Å². The van der Waals surface area contributed by atoms with Gasteiger partial charge in [0, 0.05) is 5.56 Å². The molecule has 0 aliphatic rings. The van der Waals surface area contributed by atoms with Crippen molar-refractivity contribution in [3.63, 3.8) is 0 Å². The molecular weight excluding hydrogens is 255 g/mol. The number of nitriles is 1. The van der Waals surface area contributed by atoms with Gasteiger partial charge in [0.05, 0.1) is 16.3 Å². The zero-order chi connectivity index (χ0) is 13.1. The Hall–Kier alpha value is -2.16. The summed E-state index contributed by atoms with van der Waals surface area (Å²) < 4.78 is 13.1. The molecule has 1 aromatic carbocycles. The Balaban J connectivity index is 2.51. The number of nitrogens with two attached hydrogens (primary N) is 1. The Morgan fingerprint density at radius 1 is 1.33 bits per heavy atom. The quantitative estimate of drug-likeness (QED) is 0.645. The van der Waals surface area contributed by atoms with Gasteiger partial charge in [0.1, 0.15) is 11.9 Å². The number of hydrogen-bond donors (Lipinski definition) is 2. The lowest BCUT2D eigenvalue weighted by molar-refractivity contribution is 0.628. The molecular formula is C12H8ClFN4. The number of rotatable bonds is 2. The van der Waals surface area contributed by atoms with Gasteiger partial charge in [-0.15, -0.1) is 0 Å². The zero-order valence-corrected chi connectivity index (χ0v) is 9.87. The molecule has 0 saturated carbocycles. The van der Waals surface area contributed by atoms with E-state index in [4.69, 9.17) is 22.7 Å². The number of nitrogens with zero attached hydrogens (tertiary/aromatic N) is 2. The maximum Gasteiger partial charge on any atom is 0.158 e. The first-order chi connectivity index (χ1) is 8.65. The summed E-state index contributed by atoms with van der Waals surface area (Å²) in [6.07, 6.45) is 0. The fourth-order valence-electron chi connectivity index (χ4n) is 1.48. The van der Waals surface area contributed by atoms with Crippen molar-refractivity contribution in [3.8, 4) is 17.3 Å². The molecule has 3 N–H and O–H groups in total. The van der Waals surface area contributed by atoms with Gasteiger partial charge in [0.25, 0.3) is 0 Å². The predicted octanol–water partition coefficient (Wildman–Crippen LogP) is 2.70. The molecule has 0 fully saturated rings. The highest BCUT2D eigenvalue weighted by molar-refractivity contribution is 6.31. The smallest absolute Gasteiger partial charge is 0.158 e. The molecule has 90 valence electrons. The van der Waals surface area contributed by atoms with Crippen LogP contribution in [0.25, 0.3) is 11.3 Å². The number of halogens is 2. The molecule has 2 rings (SSSR count). The summed E-state index contributed by atoms with van der Waals surface area (Å²) in [5.74, 6) is 5.04. The minimum atomic E-state index is -0.494. The van der Waals surface area contributed by atoms with Crippen LogP contribution in [0.5, 0.6) is 0 Å². The number of hydrogen-bond acceptors (Lipinski definition) is 4. The second kappa shape index (κ2) is 5.00. The number of benzene rings is 1. The van der Waals surface area contributed by atoms with E-state index < -0.39 is 5.82 Å². The van der Waals surface area contributed by atoms with E-state index in [1.807, 2.05) is 6.07 Å². The topological polar surface area (TPSA) is 74.7 Å². The molecule has 0 unspecified atom stereocenters. The van der Waals surface area contributed by atoms with Crippen LogP contribution in [0.3, 0.4) is 0 Å². The van der Waals surface area contributed by atoms with E-state index in [0.29, 0.717) is 16.8 Å². The molecule has 0 aliphatic heterocycles. The van der Waals surface area contributed by atoms with E-state index in [2.05, 4.69) is 10.4 Å². The van der Waals surface area contributed by atoms with E-state index in [1.54, 1.807) is 18.2 Å². The first-order valence-corrected chi connectivity index (χ1v) is 5.36. The van der Waals surface area contributed by atoms with Crippen LogP contribution in [0.2, 0.25) is 5.02 Å². The van der Waals surface area contributed by atoms with Crippen LogP contribution in [0.1, 0.15) is 5.56 Å². The maximum absolute atomic E-state index is 13.1. The Labute approximate surface area is 108 Å². The van der Waals surface area contributed by atoms with Gasteiger partial charge in [-0.05, 0) is 30.3 Å². The summed E-state index contributed by atoms with van der Waals surface area (Å²) in [6.45, 7) is 0. The Morgan fingerprint density at radius 3 is 2.72 bits per heavy atom. The third-order valence-electron chi connectivity index (χ3n) is 2.37. The number of hydrazine groups is 1. The highest BCUT2D eigenvalue weighted by Gasteiger charge is 2.08. The molecule has 0 aliphatic carbocycles. The van der Waals surface area contributed by atoms with Crippen molar-refractivity contribution in [1.29, 1.82) is 5.26 Å². The molecule has 0 bridgehead atoms. The third kappa shape index (κ3) is 2.25. The van der Waals surface area contributed by atoms with Gasteiger partial charge in [-0.25, -0.2) is 15.2 Å². The Morgan fingerprint density at radius 2 is 2.11 bits per heavy atom. The van der Waals surface area contributed by atoms with Gasteiger partial charge < -0.3 is 5.43 Å². The van der Waals surface area contributed by atoms with Gasteiger partial charge in [-0.3, -0.25) is 0 Å². The summed E-state index contributed by atoms with van der Waals surface area (Å²) in [7, 11) is 0. The number of nitrogens with one attached hydrogen (secondary N) is 1. The molecule has 4 nitrogen and oxygen atoms in total. The van der Waals surface area contributed by atoms with E-state index in [9.17, 15) is 4.39 Å². The van der Waals surface area contributed by atoms with Crippen LogP contribution < -0.4 is 11.3 Å². The van der Waals surface area contributed by atoms with Crippen LogP contribution in [0, 0.1) is 17.1 Å². The number of nitrogen functional groups attached to an aromatic ring is 1. The average Bonchev–Trinajstić information content (AvgIpc) is 2.41. The molecule has 0 saturated heterocycles. The van der Waals surface area contributed by atoms with Crippen LogP contribution in [0.4, 0.5) is 10.2 Å². The molecule has 2 aromatic rings. The van der Waals surface area contributed by atoms with Crippen molar-refractivity contribution in [1.82, 2.24) is 4.98 Å². The second-order valence-corrected chi connectivity index (χ2v) is 3.88. The first-order valence-electron chi connectivity index (χ1n) is 4.99. The normalized spacial score (nSPS) is 9.89. The lowest BCUT2D eigenvalue weighted by Gasteiger charge is -2.06. The molecule has 18 heavy (non-hydrogen) atoms. The summed E-state index contributed by atoms with van der Waals surface area (Å²) in [4.78, 5) is 4.16. The van der Waals surface area contributed by atoms with Gasteiger partial charge in [-0.1, -0.05) is 11.6 Å². The van der Waals surface area contributed by atoms with Crippen molar-refractivity contribution in [2.24, 2.45) is 5.84 Å². The monoisotopic (exact) mass is 262 g/mol. The predicted molar refractivity (Wildman–Crippen MR) is 67.2 cm³/mol. The van der Waals surface area contributed by atoms with E-state index in [0.717, 1.165) is 0 Å². The SMILES string of the molecule is N#Cc1ccc(-c2ccc(F)c(Cl)c2)nc1NN. The lowest BCUT2D eigenvalue weighted by Crippen LogP contribution is -2.10. The van der Waals surface area contributed by atoms with Crippen molar-refractivity contribution in [2.45, 2.75) is 0 Å². The first kappa shape index (κ1) is 12.3.